The highest BCUT2D eigenvalue weighted by Crippen LogP contribution is 2.29. The van der Waals surface area contributed by atoms with E-state index in [1.54, 1.807) is 11.8 Å². The summed E-state index contributed by atoms with van der Waals surface area (Å²) in [6.45, 7) is 6.26. The Balaban J connectivity index is 1.78. The van der Waals surface area contributed by atoms with Crippen LogP contribution in [0.15, 0.2) is 47.5 Å². The Bertz CT molecular complexity index is 1050. The summed E-state index contributed by atoms with van der Waals surface area (Å²) in [7, 11) is 0. The molecule has 0 unspecified atom stereocenters. The molecule has 0 atom stereocenters. The third-order valence-corrected chi connectivity index (χ3v) is 5.23. The SMILES string of the molecule is Cc1ccc(CSc2nc3ccccc3n3c(C)nnc23)c(C)c1. The summed E-state index contributed by atoms with van der Waals surface area (Å²) in [5, 5.41) is 9.52. The van der Waals surface area contributed by atoms with E-state index in [9.17, 15) is 0 Å². The summed E-state index contributed by atoms with van der Waals surface area (Å²) in [5.74, 6) is 1.76. The maximum atomic E-state index is 4.82. The number of hydrogen-bond acceptors (Lipinski definition) is 4. The number of thioether (sulfide) groups is 1. The van der Waals surface area contributed by atoms with Gasteiger partial charge in [0.2, 0.25) is 0 Å². The second kappa shape index (κ2) is 5.91. The van der Waals surface area contributed by atoms with Gasteiger partial charge in [0.25, 0.3) is 0 Å². The van der Waals surface area contributed by atoms with Crippen molar-refractivity contribution in [2.45, 2.75) is 31.6 Å². The molecule has 0 radical (unpaired) electrons. The summed E-state index contributed by atoms with van der Waals surface area (Å²) < 4.78 is 2.09. The van der Waals surface area contributed by atoms with Crippen molar-refractivity contribution in [2.75, 3.05) is 0 Å². The van der Waals surface area contributed by atoms with Gasteiger partial charge in [-0.3, -0.25) is 4.40 Å². The van der Waals surface area contributed by atoms with Crippen LogP contribution in [0.5, 0.6) is 0 Å². The number of hydrogen-bond donors (Lipinski definition) is 0. The van der Waals surface area contributed by atoms with Crippen LogP contribution in [0.2, 0.25) is 0 Å². The molecule has 4 nitrogen and oxygen atoms in total. The van der Waals surface area contributed by atoms with Crippen LogP contribution in [0.3, 0.4) is 0 Å². The van der Waals surface area contributed by atoms with E-state index in [-0.39, 0.29) is 0 Å². The van der Waals surface area contributed by atoms with E-state index >= 15 is 0 Å². The highest BCUT2D eigenvalue weighted by atomic mass is 32.2. The lowest BCUT2D eigenvalue weighted by molar-refractivity contribution is 1.02. The maximum Gasteiger partial charge on any atom is 0.193 e. The Morgan fingerprint density at radius 1 is 1.00 bits per heavy atom. The van der Waals surface area contributed by atoms with E-state index in [0.717, 1.165) is 33.3 Å². The highest BCUT2D eigenvalue weighted by Gasteiger charge is 2.13. The van der Waals surface area contributed by atoms with Gasteiger partial charge in [-0.05, 0) is 44.0 Å². The third-order valence-electron chi connectivity index (χ3n) is 4.22. The van der Waals surface area contributed by atoms with Gasteiger partial charge in [0, 0.05) is 5.75 Å². The molecule has 2 aromatic heterocycles. The minimum Gasteiger partial charge on any atom is -0.275 e. The van der Waals surface area contributed by atoms with Crippen molar-refractivity contribution in [3.63, 3.8) is 0 Å². The molecule has 0 fully saturated rings. The zero-order chi connectivity index (χ0) is 16.7. The van der Waals surface area contributed by atoms with Gasteiger partial charge in [0.1, 0.15) is 10.9 Å². The topological polar surface area (TPSA) is 43.1 Å². The lowest BCUT2D eigenvalue weighted by atomic mass is 10.1. The Labute approximate surface area is 144 Å². The van der Waals surface area contributed by atoms with E-state index < -0.39 is 0 Å². The van der Waals surface area contributed by atoms with E-state index in [1.165, 1.54) is 16.7 Å². The van der Waals surface area contributed by atoms with Crippen LogP contribution in [0.1, 0.15) is 22.5 Å². The van der Waals surface area contributed by atoms with E-state index in [2.05, 4.69) is 52.7 Å². The molecular weight excluding hydrogens is 316 g/mol. The zero-order valence-electron chi connectivity index (χ0n) is 13.9. The molecule has 0 spiro atoms. The number of rotatable bonds is 3. The fourth-order valence-electron chi connectivity index (χ4n) is 2.95. The molecule has 0 aliphatic heterocycles. The monoisotopic (exact) mass is 334 g/mol. The number of aromatic nitrogens is 4. The van der Waals surface area contributed by atoms with Crippen LogP contribution in [0, 0.1) is 20.8 Å². The minimum absolute atomic E-state index is 0.834. The van der Waals surface area contributed by atoms with Crippen molar-refractivity contribution in [1.82, 2.24) is 19.6 Å². The number of aryl methyl sites for hydroxylation is 3. The number of benzene rings is 2. The van der Waals surface area contributed by atoms with Gasteiger partial charge in [-0.1, -0.05) is 47.7 Å². The van der Waals surface area contributed by atoms with E-state index in [4.69, 9.17) is 4.98 Å². The summed E-state index contributed by atoms with van der Waals surface area (Å²) in [6, 6.07) is 14.7. The minimum atomic E-state index is 0.834. The van der Waals surface area contributed by atoms with Gasteiger partial charge in [-0.25, -0.2) is 4.98 Å². The van der Waals surface area contributed by atoms with Crippen molar-refractivity contribution in [3.8, 4) is 0 Å². The van der Waals surface area contributed by atoms with Gasteiger partial charge in [-0.15, -0.1) is 10.2 Å². The normalized spacial score (nSPS) is 11.5. The van der Waals surface area contributed by atoms with Crippen molar-refractivity contribution < 1.29 is 0 Å². The Hall–Kier alpha value is -2.40. The molecule has 0 aliphatic rings. The first-order valence-electron chi connectivity index (χ1n) is 7.93. The second-order valence-electron chi connectivity index (χ2n) is 6.03. The van der Waals surface area contributed by atoms with Gasteiger partial charge in [0.15, 0.2) is 5.65 Å². The van der Waals surface area contributed by atoms with Crippen molar-refractivity contribution >= 4 is 28.4 Å². The molecule has 120 valence electrons. The molecule has 0 N–H and O–H groups in total. The molecule has 0 saturated heterocycles. The summed E-state index contributed by atoms with van der Waals surface area (Å²) >= 11 is 1.72. The molecule has 4 rings (SSSR count). The first kappa shape index (κ1) is 15.1. The smallest absolute Gasteiger partial charge is 0.193 e. The van der Waals surface area contributed by atoms with Crippen molar-refractivity contribution in [3.05, 3.63) is 65.0 Å². The van der Waals surface area contributed by atoms with E-state index in [0.29, 0.717) is 0 Å². The number of nitrogens with zero attached hydrogens (tertiary/aromatic N) is 4. The van der Waals surface area contributed by atoms with Crippen LogP contribution in [0.4, 0.5) is 0 Å². The fourth-order valence-corrected chi connectivity index (χ4v) is 3.99. The molecule has 24 heavy (non-hydrogen) atoms. The number of para-hydroxylation sites is 2. The summed E-state index contributed by atoms with van der Waals surface area (Å²) in [4.78, 5) is 4.82. The second-order valence-corrected chi connectivity index (χ2v) is 6.99. The highest BCUT2D eigenvalue weighted by molar-refractivity contribution is 7.98. The van der Waals surface area contributed by atoms with Crippen LogP contribution in [-0.4, -0.2) is 19.6 Å². The first-order chi connectivity index (χ1) is 11.6. The zero-order valence-corrected chi connectivity index (χ0v) is 14.8. The third kappa shape index (κ3) is 2.55. The predicted octanol–water partition coefficient (Wildman–Crippen LogP) is 4.50. The Morgan fingerprint density at radius 2 is 1.83 bits per heavy atom. The quantitative estimate of drug-likeness (QED) is 0.518. The lowest BCUT2D eigenvalue weighted by Crippen LogP contribution is -1.97. The molecule has 2 aromatic carbocycles. The average molecular weight is 334 g/mol. The van der Waals surface area contributed by atoms with Crippen LogP contribution in [-0.2, 0) is 5.75 Å². The molecule has 4 aromatic rings. The van der Waals surface area contributed by atoms with Gasteiger partial charge in [-0.2, -0.15) is 0 Å². The predicted molar refractivity (Wildman–Crippen MR) is 98.5 cm³/mol. The van der Waals surface area contributed by atoms with E-state index in [1.807, 2.05) is 25.1 Å². The Kier molecular flexibility index (Phi) is 3.73. The van der Waals surface area contributed by atoms with Gasteiger partial charge in [0.05, 0.1) is 11.0 Å². The maximum absolute atomic E-state index is 4.82. The average Bonchev–Trinajstić information content (AvgIpc) is 2.96. The van der Waals surface area contributed by atoms with Gasteiger partial charge >= 0.3 is 0 Å². The molecule has 5 heteroatoms. The number of fused-ring (bicyclic) bond motifs is 3. The van der Waals surface area contributed by atoms with Crippen molar-refractivity contribution in [1.29, 1.82) is 0 Å². The molecule has 0 aliphatic carbocycles. The standard InChI is InChI=1S/C19H18N4S/c1-12-8-9-15(13(2)10-12)11-24-19-18-22-21-14(3)23(18)17-7-5-4-6-16(17)20-19/h4-10H,11H2,1-3H3. The van der Waals surface area contributed by atoms with Gasteiger partial charge < -0.3 is 0 Å². The lowest BCUT2D eigenvalue weighted by Gasteiger charge is -2.09. The van der Waals surface area contributed by atoms with Crippen LogP contribution < -0.4 is 0 Å². The molecular formula is C19H18N4S. The largest absolute Gasteiger partial charge is 0.275 e. The Morgan fingerprint density at radius 3 is 2.67 bits per heavy atom. The summed E-state index contributed by atoms with van der Waals surface area (Å²) in [5.41, 5.74) is 6.79. The molecule has 0 saturated carbocycles. The first-order valence-corrected chi connectivity index (χ1v) is 8.91. The fraction of sp³-hybridized carbons (Fsp3) is 0.211. The van der Waals surface area contributed by atoms with Crippen LogP contribution in [0.25, 0.3) is 16.7 Å². The van der Waals surface area contributed by atoms with Crippen LogP contribution >= 0.6 is 11.8 Å². The van der Waals surface area contributed by atoms with Crippen molar-refractivity contribution in [2.24, 2.45) is 0 Å². The summed E-state index contributed by atoms with van der Waals surface area (Å²) in [6.07, 6.45) is 0. The molecule has 2 heterocycles. The molecule has 0 amide bonds. The molecule has 0 bridgehead atoms.